The molecule has 7 fully saturated rings. The summed E-state index contributed by atoms with van der Waals surface area (Å²) in [6.45, 7) is 1.98. The predicted molar refractivity (Wildman–Crippen MR) is 61.6 cm³/mol. The third-order valence-electron chi connectivity index (χ3n) is 7.73. The molecule has 6 saturated carbocycles. The third-order valence-corrected chi connectivity index (χ3v) is 7.73. The zero-order valence-corrected chi connectivity index (χ0v) is 10.9. The zero-order chi connectivity index (χ0) is 13.5. The molecule has 0 N–H and O–H groups in total. The van der Waals surface area contributed by atoms with Gasteiger partial charge in [-0.2, -0.15) is 0 Å². The molecule has 20 heavy (non-hydrogen) atoms. The van der Waals surface area contributed by atoms with E-state index in [4.69, 9.17) is 9.47 Å². The molecule has 0 aromatic heterocycles. The topological polar surface area (TPSA) is 69.7 Å². The molecular weight excluding hydrogens is 260 g/mol. The first-order valence-electron chi connectivity index (χ1n) is 7.48. The highest BCUT2D eigenvalue weighted by Crippen LogP contribution is 2.98. The highest BCUT2D eigenvalue weighted by molar-refractivity contribution is 5.98. The number of ether oxygens (including phenoxy) is 2. The maximum Gasteiger partial charge on any atom is 0.317 e. The highest BCUT2D eigenvalue weighted by Gasteiger charge is 2.99. The first-order chi connectivity index (χ1) is 9.59. The van der Waals surface area contributed by atoms with Crippen molar-refractivity contribution in [1.29, 1.82) is 0 Å². The zero-order valence-electron chi connectivity index (χ0n) is 10.9. The summed E-state index contributed by atoms with van der Waals surface area (Å²) in [7, 11) is 0. The average Bonchev–Trinajstić information content (AvgIpc) is 2.64. The third kappa shape index (κ3) is 0.655. The van der Waals surface area contributed by atoms with Crippen LogP contribution in [0.3, 0.4) is 0 Å². The molecule has 7 aliphatic rings. The van der Waals surface area contributed by atoms with E-state index in [1.807, 2.05) is 0 Å². The number of esters is 3. The number of rotatable bonds is 2. The molecule has 1 heterocycles. The normalized spacial score (nSPS) is 65.0. The van der Waals surface area contributed by atoms with Crippen molar-refractivity contribution in [3.63, 3.8) is 0 Å². The lowest BCUT2D eigenvalue weighted by Gasteiger charge is -2.98. The van der Waals surface area contributed by atoms with Gasteiger partial charge in [0.25, 0.3) is 0 Å². The quantitative estimate of drug-likeness (QED) is 0.532. The van der Waals surface area contributed by atoms with E-state index in [1.165, 1.54) is 6.92 Å². The summed E-state index contributed by atoms with van der Waals surface area (Å²) in [6, 6.07) is 0. The lowest BCUT2D eigenvalue weighted by molar-refractivity contribution is -0.534. The Balaban J connectivity index is 1.38. The molecule has 1 aliphatic heterocycles. The fourth-order valence-electron chi connectivity index (χ4n) is 7.73. The molecule has 5 nitrogen and oxygen atoms in total. The number of carbonyl (C=O) groups is 3. The van der Waals surface area contributed by atoms with Crippen LogP contribution < -0.4 is 0 Å². The average molecular weight is 274 g/mol. The van der Waals surface area contributed by atoms with Gasteiger partial charge in [-0.15, -0.1) is 0 Å². The highest BCUT2D eigenvalue weighted by atomic mass is 16.6. The number of hydrogen-bond donors (Lipinski definition) is 0. The summed E-state index contributed by atoms with van der Waals surface area (Å²) in [5, 5.41) is 0. The molecule has 0 aromatic rings. The largest absolute Gasteiger partial charge is 0.465 e. The summed E-state index contributed by atoms with van der Waals surface area (Å²) in [6.07, 6.45) is 0. The Morgan fingerprint density at radius 3 is 2.20 bits per heavy atom. The van der Waals surface area contributed by atoms with E-state index in [0.29, 0.717) is 48.0 Å². The van der Waals surface area contributed by atoms with Crippen molar-refractivity contribution in [2.24, 2.45) is 58.7 Å². The Morgan fingerprint density at radius 1 is 1.05 bits per heavy atom. The Hall–Kier alpha value is -1.39. The van der Waals surface area contributed by atoms with Crippen LogP contribution in [0.1, 0.15) is 6.92 Å². The van der Waals surface area contributed by atoms with Gasteiger partial charge in [0.05, 0.1) is 18.4 Å². The van der Waals surface area contributed by atoms with Crippen LogP contribution >= 0.6 is 0 Å². The van der Waals surface area contributed by atoms with Gasteiger partial charge >= 0.3 is 17.9 Å². The molecule has 5 heteroatoms. The molecule has 1 saturated heterocycles. The fraction of sp³-hybridized carbons (Fsp3) is 0.800. The van der Waals surface area contributed by atoms with Gasteiger partial charge in [-0.1, -0.05) is 0 Å². The summed E-state index contributed by atoms with van der Waals surface area (Å²) >= 11 is 0. The van der Waals surface area contributed by atoms with Gasteiger partial charge in [-0.05, 0) is 41.4 Å². The van der Waals surface area contributed by atoms with Crippen molar-refractivity contribution in [1.82, 2.24) is 0 Å². The minimum Gasteiger partial charge on any atom is -0.465 e. The van der Waals surface area contributed by atoms with Crippen molar-refractivity contribution in [3.05, 3.63) is 0 Å². The van der Waals surface area contributed by atoms with E-state index in [1.54, 1.807) is 0 Å². The van der Waals surface area contributed by atoms with E-state index < -0.39 is 0 Å². The molecule has 2 bridgehead atoms. The summed E-state index contributed by atoms with van der Waals surface area (Å²) in [5.74, 6) is 2.50. The van der Waals surface area contributed by atoms with Crippen molar-refractivity contribution in [3.8, 4) is 0 Å². The van der Waals surface area contributed by atoms with Crippen LogP contribution in [0.2, 0.25) is 0 Å². The molecule has 10 atom stereocenters. The Morgan fingerprint density at radius 2 is 1.60 bits per heavy atom. The second-order valence-corrected chi connectivity index (χ2v) is 7.57. The van der Waals surface area contributed by atoms with E-state index in [9.17, 15) is 14.4 Å². The van der Waals surface area contributed by atoms with E-state index in [2.05, 4.69) is 0 Å². The first-order valence-corrected chi connectivity index (χ1v) is 7.48. The standard InChI is InChI=1S/C15H14O5/c1-3(16)19-2-15-10-7-4-5-6(14(18)20-13(5)17)9(11(7)15)12(15)8(4)10/h4-12H,2H2,1H3/t4?,5-,6-,7-,8-,9?,10?,11-,12+,15?/m1/s1. The van der Waals surface area contributed by atoms with Crippen LogP contribution in [0.25, 0.3) is 0 Å². The molecule has 7 rings (SSSR count). The first kappa shape index (κ1) is 10.4. The van der Waals surface area contributed by atoms with E-state index in [-0.39, 0.29) is 35.2 Å². The van der Waals surface area contributed by atoms with E-state index >= 15 is 0 Å². The Bertz CT molecular complexity index is 604. The van der Waals surface area contributed by atoms with Gasteiger partial charge in [0.15, 0.2) is 0 Å². The lowest BCUT2D eigenvalue weighted by Crippen LogP contribution is -2.98. The van der Waals surface area contributed by atoms with Crippen LogP contribution in [-0.2, 0) is 23.9 Å². The molecule has 104 valence electrons. The lowest BCUT2D eigenvalue weighted by atomic mass is 9.04. The molecule has 4 unspecified atom stereocenters. The smallest absolute Gasteiger partial charge is 0.317 e. The van der Waals surface area contributed by atoms with Crippen molar-refractivity contribution in [2.45, 2.75) is 6.92 Å². The molecular formula is C15H14O5. The van der Waals surface area contributed by atoms with Crippen LogP contribution in [0, 0.1) is 58.7 Å². The van der Waals surface area contributed by atoms with Crippen molar-refractivity contribution in [2.75, 3.05) is 6.61 Å². The van der Waals surface area contributed by atoms with Gasteiger partial charge in [-0.3, -0.25) is 14.4 Å². The minimum atomic E-state index is -0.289. The summed E-state index contributed by atoms with van der Waals surface area (Å²) < 4.78 is 10.2. The van der Waals surface area contributed by atoms with Gasteiger partial charge < -0.3 is 9.47 Å². The molecule has 0 spiro atoms. The van der Waals surface area contributed by atoms with Crippen molar-refractivity contribution < 1.29 is 23.9 Å². The SMILES string of the molecule is CC(=O)OCC12C3[C@H]4C5[C@H]3[C@@H]1C([C@H]42)[C@@H]1C(=O)OC(=O)[C@H]51. The van der Waals surface area contributed by atoms with Crippen LogP contribution in [-0.4, -0.2) is 24.5 Å². The van der Waals surface area contributed by atoms with E-state index in [0.717, 1.165) is 0 Å². The molecule has 6 aliphatic carbocycles. The van der Waals surface area contributed by atoms with Crippen molar-refractivity contribution >= 4 is 17.9 Å². The number of carbonyl (C=O) groups excluding carboxylic acids is 3. The molecule has 0 aromatic carbocycles. The van der Waals surface area contributed by atoms with Gasteiger partial charge in [0, 0.05) is 12.3 Å². The molecule has 0 amide bonds. The number of hydrogen-bond acceptors (Lipinski definition) is 5. The van der Waals surface area contributed by atoms with Gasteiger partial charge in [0.1, 0.15) is 0 Å². The monoisotopic (exact) mass is 274 g/mol. The fourth-order valence-corrected chi connectivity index (χ4v) is 7.73. The van der Waals surface area contributed by atoms with Gasteiger partial charge in [0.2, 0.25) is 0 Å². The second-order valence-electron chi connectivity index (χ2n) is 7.57. The van der Waals surface area contributed by atoms with Crippen LogP contribution in [0.4, 0.5) is 0 Å². The maximum atomic E-state index is 11.9. The Labute approximate surface area is 115 Å². The summed E-state index contributed by atoms with van der Waals surface area (Å²) in [5.41, 5.74) is 0.180. The molecule has 0 radical (unpaired) electrons. The number of cyclic esters (lactones) is 2. The maximum absolute atomic E-state index is 11.9. The Kier molecular flexibility index (Phi) is 1.32. The van der Waals surface area contributed by atoms with Crippen LogP contribution in [0.5, 0.6) is 0 Å². The summed E-state index contributed by atoms with van der Waals surface area (Å²) in [4.78, 5) is 34.9. The minimum absolute atomic E-state index is 0.140. The van der Waals surface area contributed by atoms with Gasteiger partial charge in [-0.25, -0.2) is 0 Å². The van der Waals surface area contributed by atoms with Crippen LogP contribution in [0.15, 0.2) is 0 Å². The second kappa shape index (κ2) is 2.55. The predicted octanol–water partition coefficient (Wildman–Crippen LogP) is 0.233.